The Kier molecular flexibility index (Phi) is 4.87. The predicted octanol–water partition coefficient (Wildman–Crippen LogP) is 1.63. The summed E-state index contributed by atoms with van der Waals surface area (Å²) in [5, 5.41) is 15.1. The third kappa shape index (κ3) is 3.44. The van der Waals surface area contributed by atoms with Gasteiger partial charge in [-0.1, -0.05) is 13.0 Å². The molecule has 1 fully saturated rings. The number of carbonyl (C=O) groups excluding carboxylic acids is 2. The van der Waals surface area contributed by atoms with Crippen molar-refractivity contribution in [3.05, 3.63) is 29.3 Å². The van der Waals surface area contributed by atoms with Crippen molar-refractivity contribution in [1.82, 2.24) is 10.8 Å². The van der Waals surface area contributed by atoms with Crippen LogP contribution >= 0.6 is 0 Å². The van der Waals surface area contributed by atoms with Crippen molar-refractivity contribution in [2.45, 2.75) is 39.0 Å². The molecule has 6 heteroatoms. The lowest BCUT2D eigenvalue weighted by atomic mass is 9.80. The smallest absolute Gasteiger partial charge is 0.246 e. The number of hydroxylamine groups is 1. The van der Waals surface area contributed by atoms with Crippen LogP contribution in [0.4, 0.5) is 5.69 Å². The normalized spacial score (nSPS) is 22.3. The van der Waals surface area contributed by atoms with E-state index in [1.54, 1.807) is 5.48 Å². The first-order valence-corrected chi connectivity index (χ1v) is 8.60. The lowest BCUT2D eigenvalue weighted by Crippen LogP contribution is -2.42. The number of anilines is 1. The summed E-state index contributed by atoms with van der Waals surface area (Å²) >= 11 is 0. The van der Waals surface area contributed by atoms with Crippen LogP contribution in [0.25, 0.3) is 0 Å². The van der Waals surface area contributed by atoms with E-state index < -0.39 is 0 Å². The zero-order valence-electron chi connectivity index (χ0n) is 14.0. The second-order valence-corrected chi connectivity index (χ2v) is 7.16. The van der Waals surface area contributed by atoms with Crippen molar-refractivity contribution < 1.29 is 14.8 Å². The van der Waals surface area contributed by atoms with Crippen LogP contribution in [0.2, 0.25) is 0 Å². The molecular formula is C18H25N3O3. The highest BCUT2D eigenvalue weighted by Gasteiger charge is 2.34. The Morgan fingerprint density at radius 3 is 2.71 bits per heavy atom. The van der Waals surface area contributed by atoms with E-state index in [0.717, 1.165) is 43.6 Å². The molecule has 1 saturated heterocycles. The summed E-state index contributed by atoms with van der Waals surface area (Å²) in [6.45, 7) is 3.78. The molecule has 4 N–H and O–H groups in total. The van der Waals surface area contributed by atoms with Gasteiger partial charge in [-0.05, 0) is 68.5 Å². The first kappa shape index (κ1) is 16.9. The molecule has 0 spiro atoms. The second kappa shape index (κ2) is 6.91. The number of carbonyl (C=O) groups is 2. The van der Waals surface area contributed by atoms with Gasteiger partial charge in [0.25, 0.3) is 0 Å². The van der Waals surface area contributed by atoms with Gasteiger partial charge >= 0.3 is 0 Å². The van der Waals surface area contributed by atoms with Crippen LogP contribution in [-0.4, -0.2) is 30.1 Å². The summed E-state index contributed by atoms with van der Waals surface area (Å²) in [5.74, 6) is -0.425. The van der Waals surface area contributed by atoms with Crippen molar-refractivity contribution in [3.63, 3.8) is 0 Å². The van der Waals surface area contributed by atoms with Gasteiger partial charge in [0.05, 0.1) is 0 Å². The lowest BCUT2D eigenvalue weighted by Gasteiger charge is -2.32. The van der Waals surface area contributed by atoms with Crippen molar-refractivity contribution in [3.8, 4) is 0 Å². The van der Waals surface area contributed by atoms with E-state index in [0.29, 0.717) is 12.8 Å². The van der Waals surface area contributed by atoms with Gasteiger partial charge in [-0.15, -0.1) is 0 Å². The Bertz CT molecular complexity index is 638. The molecule has 1 atom stereocenters. The number of amides is 2. The molecule has 1 aliphatic heterocycles. The summed E-state index contributed by atoms with van der Waals surface area (Å²) in [6.07, 6.45) is 3.81. The largest absolute Gasteiger partial charge is 0.326 e. The second-order valence-electron chi connectivity index (χ2n) is 7.16. The third-order valence-electron chi connectivity index (χ3n) is 5.43. The molecule has 0 radical (unpaired) electrons. The third-order valence-corrected chi connectivity index (χ3v) is 5.43. The SMILES string of the molecule is CC1(C(=O)Nc2ccc3c(c2)CCC(C(=O)NO)C3)CCNCC1. The number of hydrogen-bond acceptors (Lipinski definition) is 4. The van der Waals surface area contributed by atoms with Gasteiger partial charge in [0.15, 0.2) is 0 Å². The molecular weight excluding hydrogens is 306 g/mol. The van der Waals surface area contributed by atoms with Crippen LogP contribution in [0, 0.1) is 11.3 Å². The standard InChI is InChI=1S/C18H25N3O3/c1-18(6-8-19-9-7-18)17(23)20-15-5-4-12-10-14(16(22)21-24)3-2-13(12)11-15/h4-5,11,14,19,24H,2-3,6-10H2,1H3,(H,20,23)(H,21,22). The summed E-state index contributed by atoms with van der Waals surface area (Å²) in [6, 6.07) is 5.90. The maximum atomic E-state index is 12.6. The molecule has 1 unspecified atom stereocenters. The van der Waals surface area contributed by atoms with Crippen molar-refractivity contribution in [1.29, 1.82) is 0 Å². The van der Waals surface area contributed by atoms with E-state index in [9.17, 15) is 9.59 Å². The molecule has 1 aromatic rings. The number of benzene rings is 1. The topological polar surface area (TPSA) is 90.5 Å². The number of rotatable bonds is 3. The first-order chi connectivity index (χ1) is 11.5. The first-order valence-electron chi connectivity index (χ1n) is 8.60. The van der Waals surface area contributed by atoms with Gasteiger partial charge < -0.3 is 10.6 Å². The molecule has 0 saturated carbocycles. The monoisotopic (exact) mass is 331 g/mol. The molecule has 6 nitrogen and oxygen atoms in total. The Morgan fingerprint density at radius 2 is 2.00 bits per heavy atom. The van der Waals surface area contributed by atoms with Gasteiger partial charge in [-0.25, -0.2) is 5.48 Å². The molecule has 0 aromatic heterocycles. The van der Waals surface area contributed by atoms with Crippen LogP contribution in [0.1, 0.15) is 37.3 Å². The van der Waals surface area contributed by atoms with Gasteiger partial charge in [-0.3, -0.25) is 14.8 Å². The average molecular weight is 331 g/mol. The number of fused-ring (bicyclic) bond motifs is 1. The Balaban J connectivity index is 1.69. The van der Waals surface area contributed by atoms with Gasteiger partial charge in [-0.2, -0.15) is 0 Å². The van der Waals surface area contributed by atoms with Gasteiger partial charge in [0, 0.05) is 17.0 Å². The number of nitrogens with one attached hydrogen (secondary N) is 3. The highest BCUT2D eigenvalue weighted by molar-refractivity contribution is 5.95. The van der Waals surface area contributed by atoms with Crippen molar-refractivity contribution in [2.24, 2.45) is 11.3 Å². The van der Waals surface area contributed by atoms with Crippen LogP contribution in [0.15, 0.2) is 18.2 Å². The number of hydrogen-bond donors (Lipinski definition) is 4. The summed E-state index contributed by atoms with van der Waals surface area (Å²) in [4.78, 5) is 24.2. The zero-order valence-corrected chi connectivity index (χ0v) is 14.0. The minimum absolute atomic E-state index is 0.0808. The fourth-order valence-electron chi connectivity index (χ4n) is 3.64. The van der Waals surface area contributed by atoms with Crippen LogP contribution in [-0.2, 0) is 22.4 Å². The molecule has 3 rings (SSSR count). The van der Waals surface area contributed by atoms with Crippen molar-refractivity contribution in [2.75, 3.05) is 18.4 Å². The van der Waals surface area contributed by atoms with E-state index in [1.807, 2.05) is 25.1 Å². The van der Waals surface area contributed by atoms with Crippen LogP contribution < -0.4 is 16.1 Å². The highest BCUT2D eigenvalue weighted by Crippen LogP contribution is 2.31. The summed E-state index contributed by atoms with van der Waals surface area (Å²) in [7, 11) is 0. The molecule has 130 valence electrons. The van der Waals surface area contributed by atoms with E-state index in [2.05, 4.69) is 10.6 Å². The van der Waals surface area contributed by atoms with E-state index in [-0.39, 0.29) is 23.1 Å². The Morgan fingerprint density at radius 1 is 1.25 bits per heavy atom. The van der Waals surface area contributed by atoms with Crippen LogP contribution in [0.5, 0.6) is 0 Å². The molecule has 24 heavy (non-hydrogen) atoms. The number of aryl methyl sites for hydroxylation is 1. The fraction of sp³-hybridized carbons (Fsp3) is 0.556. The molecule has 2 aliphatic rings. The molecule has 1 heterocycles. The summed E-state index contributed by atoms with van der Waals surface area (Å²) in [5.41, 5.74) is 4.53. The predicted molar refractivity (Wildman–Crippen MR) is 90.7 cm³/mol. The van der Waals surface area contributed by atoms with E-state index >= 15 is 0 Å². The minimum Gasteiger partial charge on any atom is -0.326 e. The molecule has 1 aromatic carbocycles. The molecule has 2 amide bonds. The van der Waals surface area contributed by atoms with Gasteiger partial charge in [0.1, 0.15) is 0 Å². The highest BCUT2D eigenvalue weighted by atomic mass is 16.5. The summed E-state index contributed by atoms with van der Waals surface area (Å²) < 4.78 is 0. The quantitative estimate of drug-likeness (QED) is 0.500. The van der Waals surface area contributed by atoms with E-state index in [4.69, 9.17) is 5.21 Å². The maximum Gasteiger partial charge on any atom is 0.246 e. The average Bonchev–Trinajstić information content (AvgIpc) is 2.61. The van der Waals surface area contributed by atoms with Crippen LogP contribution in [0.3, 0.4) is 0 Å². The maximum absolute atomic E-state index is 12.6. The zero-order chi connectivity index (χ0) is 17.2. The fourth-order valence-corrected chi connectivity index (χ4v) is 3.64. The van der Waals surface area contributed by atoms with E-state index in [1.165, 1.54) is 5.56 Å². The minimum atomic E-state index is -0.322. The Labute approximate surface area is 142 Å². The van der Waals surface area contributed by atoms with Crippen molar-refractivity contribution >= 4 is 17.5 Å². The van der Waals surface area contributed by atoms with Gasteiger partial charge in [0.2, 0.25) is 11.8 Å². The molecule has 0 bridgehead atoms. The number of piperidine rings is 1. The molecule has 1 aliphatic carbocycles. The lowest BCUT2D eigenvalue weighted by molar-refractivity contribution is -0.133. The Hall–Kier alpha value is -1.92.